The minimum Gasteiger partial charge on any atom is -0.371 e. The van der Waals surface area contributed by atoms with Crippen LogP contribution in [0.3, 0.4) is 0 Å². The van der Waals surface area contributed by atoms with Crippen LogP contribution in [-0.4, -0.2) is 26.2 Å². The molecule has 4 aliphatic heterocycles. The zero-order chi connectivity index (χ0) is 36.2. The van der Waals surface area contributed by atoms with Gasteiger partial charge in [0.2, 0.25) is 0 Å². The fourth-order valence-corrected chi connectivity index (χ4v) is 9.75. The Morgan fingerprint density at radius 3 is 1.94 bits per heavy atom. The van der Waals surface area contributed by atoms with E-state index in [4.69, 9.17) is 0 Å². The van der Waals surface area contributed by atoms with Gasteiger partial charge in [0.05, 0.1) is 0 Å². The molecule has 2 heteroatoms. The van der Waals surface area contributed by atoms with Crippen molar-refractivity contribution in [3.8, 4) is 0 Å². The Bertz CT molecular complexity index is 1950. The van der Waals surface area contributed by atoms with E-state index in [1.54, 1.807) is 44.8 Å². The lowest BCUT2D eigenvalue weighted by Gasteiger charge is -2.42. The first-order chi connectivity index (χ1) is 24.3. The number of aryl methyl sites for hydroxylation is 1. The topological polar surface area (TPSA) is 6.48 Å². The lowest BCUT2D eigenvalue weighted by Crippen LogP contribution is -2.39. The van der Waals surface area contributed by atoms with Gasteiger partial charge in [0.15, 0.2) is 0 Å². The maximum Gasteiger partial charge on any atom is 0.0437 e. The molecule has 0 spiro atoms. The molecule has 0 radical (unpaired) electrons. The Kier molecular flexibility index (Phi) is 9.70. The summed E-state index contributed by atoms with van der Waals surface area (Å²) in [4.78, 5) is 5.41. The number of hydrogen-bond acceptors (Lipinski definition) is 2. The van der Waals surface area contributed by atoms with E-state index in [1.807, 2.05) is 13.8 Å². The molecule has 0 saturated heterocycles. The molecular formula is C49H64N2. The number of fused-ring (bicyclic) bond motifs is 4. The van der Waals surface area contributed by atoms with Crippen molar-refractivity contribution >= 4 is 33.8 Å². The average Bonchev–Trinajstić information content (AvgIpc) is 3.08. The van der Waals surface area contributed by atoms with E-state index in [9.17, 15) is 0 Å². The molecular weight excluding hydrogens is 617 g/mol. The maximum absolute atomic E-state index is 2.71. The zero-order valence-corrected chi connectivity index (χ0v) is 33.6. The summed E-state index contributed by atoms with van der Waals surface area (Å²) in [6.45, 7) is 27.9. The zero-order valence-electron chi connectivity index (χ0n) is 33.6. The van der Waals surface area contributed by atoms with Crippen molar-refractivity contribution in [2.24, 2.45) is 17.3 Å². The highest BCUT2D eigenvalue weighted by Crippen LogP contribution is 2.47. The van der Waals surface area contributed by atoms with Gasteiger partial charge in [-0.05, 0) is 141 Å². The van der Waals surface area contributed by atoms with Gasteiger partial charge in [0, 0.05) is 37.6 Å². The average molecular weight is 681 g/mol. The standard InChI is InChI=1S/C47H58N2.C2H6/c1-30-20-34-24-40-32(22-36(46(3,4)5)26-42(40)38-16-12-18-48(28-30)44(34)38)14-10-9-11-15-33-23-37(47(6,7)8)27-43-39-17-13-19-49-29-31(2)21-35(45(39)49)25-41(33)43;1-2/h9-11,14-15,22-26,30-31H,12-13,16-21,27-29H2,1-8H3;1-2H3/b11-9+,14-10+,33-15+;. The highest BCUT2D eigenvalue weighted by atomic mass is 15.2. The number of benzene rings is 3. The fraction of sp³-hybridized carbons (Fsp3) is 0.510. The summed E-state index contributed by atoms with van der Waals surface area (Å²) in [6, 6.07) is 10.1. The number of rotatable bonds is 3. The summed E-state index contributed by atoms with van der Waals surface area (Å²) < 4.78 is 0. The molecule has 0 N–H and O–H groups in total. The number of anilines is 2. The third kappa shape index (κ3) is 6.78. The highest BCUT2D eigenvalue weighted by Gasteiger charge is 2.34. The summed E-state index contributed by atoms with van der Waals surface area (Å²) in [7, 11) is 0. The van der Waals surface area contributed by atoms with Crippen molar-refractivity contribution in [2.45, 2.75) is 120 Å². The van der Waals surface area contributed by atoms with Gasteiger partial charge in [-0.3, -0.25) is 0 Å². The molecule has 3 aromatic rings. The van der Waals surface area contributed by atoms with Crippen LogP contribution in [0.4, 0.5) is 11.4 Å². The van der Waals surface area contributed by atoms with Crippen LogP contribution in [0, 0.1) is 17.3 Å². The van der Waals surface area contributed by atoms with Crippen LogP contribution in [0.2, 0.25) is 0 Å². The number of nitrogens with zero attached hydrogens (tertiary/aromatic N) is 2. The number of allylic oxidation sites excluding steroid dienone is 7. The summed E-state index contributed by atoms with van der Waals surface area (Å²) in [5.41, 5.74) is 18.6. The largest absolute Gasteiger partial charge is 0.371 e. The van der Waals surface area contributed by atoms with E-state index in [0.29, 0.717) is 5.92 Å². The van der Waals surface area contributed by atoms with Gasteiger partial charge in [-0.2, -0.15) is 0 Å². The van der Waals surface area contributed by atoms with E-state index < -0.39 is 0 Å². The second-order valence-electron chi connectivity index (χ2n) is 18.3. The van der Waals surface area contributed by atoms with Crippen molar-refractivity contribution in [3.05, 3.63) is 105 Å². The fourth-order valence-electron chi connectivity index (χ4n) is 9.75. The van der Waals surface area contributed by atoms with E-state index >= 15 is 0 Å². The van der Waals surface area contributed by atoms with Gasteiger partial charge >= 0.3 is 0 Å². The van der Waals surface area contributed by atoms with E-state index in [0.717, 1.165) is 12.3 Å². The molecule has 1 aliphatic carbocycles. The van der Waals surface area contributed by atoms with Crippen molar-refractivity contribution in [2.75, 3.05) is 36.0 Å². The molecule has 0 amide bonds. The Morgan fingerprint density at radius 1 is 0.667 bits per heavy atom. The highest BCUT2D eigenvalue weighted by molar-refractivity contribution is 5.98. The predicted octanol–water partition coefficient (Wildman–Crippen LogP) is 12.2. The van der Waals surface area contributed by atoms with Gasteiger partial charge < -0.3 is 9.80 Å². The van der Waals surface area contributed by atoms with Gasteiger partial charge in [0.1, 0.15) is 0 Å². The molecule has 0 aromatic heterocycles. The summed E-state index contributed by atoms with van der Waals surface area (Å²) in [5, 5.41) is 2.91. The third-order valence-electron chi connectivity index (χ3n) is 12.2. The SMILES string of the molecule is CC.CC1Cc2cc3c(c4c2N(CCC4)C1)CC(C(C)(C)C)=C\C3=C/C=C/C=C/c1cc(C(C)(C)C)cc2c3c4c(cc12)CC(C)CN4CCC3. The van der Waals surface area contributed by atoms with E-state index in [2.05, 4.69) is 126 Å². The smallest absolute Gasteiger partial charge is 0.0437 e. The van der Waals surface area contributed by atoms with Crippen molar-refractivity contribution in [1.82, 2.24) is 0 Å². The van der Waals surface area contributed by atoms with E-state index in [-0.39, 0.29) is 10.8 Å². The maximum atomic E-state index is 2.71. The lowest BCUT2D eigenvalue weighted by molar-refractivity contribution is 0.488. The van der Waals surface area contributed by atoms with Crippen LogP contribution in [0.15, 0.2) is 60.2 Å². The molecule has 270 valence electrons. The van der Waals surface area contributed by atoms with Crippen LogP contribution in [0.1, 0.15) is 127 Å². The third-order valence-corrected chi connectivity index (χ3v) is 12.2. The Hall–Kier alpha value is -3.52. The molecule has 0 bridgehead atoms. The van der Waals surface area contributed by atoms with Gasteiger partial charge in [-0.25, -0.2) is 0 Å². The predicted molar refractivity (Wildman–Crippen MR) is 225 cm³/mol. The van der Waals surface area contributed by atoms with Crippen LogP contribution in [0.25, 0.3) is 22.4 Å². The molecule has 4 heterocycles. The molecule has 51 heavy (non-hydrogen) atoms. The second-order valence-corrected chi connectivity index (χ2v) is 18.3. The molecule has 0 fully saturated rings. The summed E-state index contributed by atoms with van der Waals surface area (Å²) in [6.07, 6.45) is 22.6. The van der Waals surface area contributed by atoms with Crippen molar-refractivity contribution < 1.29 is 0 Å². The molecule has 5 aliphatic rings. The van der Waals surface area contributed by atoms with Crippen LogP contribution in [-0.2, 0) is 37.5 Å². The minimum absolute atomic E-state index is 0.0986. The van der Waals surface area contributed by atoms with Crippen molar-refractivity contribution in [3.63, 3.8) is 0 Å². The molecule has 0 saturated carbocycles. The molecule has 2 atom stereocenters. The first kappa shape index (κ1) is 35.9. The monoisotopic (exact) mass is 681 g/mol. The minimum atomic E-state index is 0.0986. The second kappa shape index (κ2) is 13.8. The molecule has 2 unspecified atom stereocenters. The van der Waals surface area contributed by atoms with Gasteiger partial charge in [-0.1, -0.05) is 123 Å². The first-order valence-electron chi connectivity index (χ1n) is 20.4. The van der Waals surface area contributed by atoms with Gasteiger partial charge in [0.25, 0.3) is 0 Å². The quantitative estimate of drug-likeness (QED) is 0.254. The first-order valence-corrected chi connectivity index (χ1v) is 20.4. The molecule has 3 aromatic carbocycles. The Balaban J connectivity index is 0.00000200. The molecule has 2 nitrogen and oxygen atoms in total. The van der Waals surface area contributed by atoms with Gasteiger partial charge in [-0.15, -0.1) is 0 Å². The van der Waals surface area contributed by atoms with Crippen LogP contribution in [0.5, 0.6) is 0 Å². The lowest BCUT2D eigenvalue weighted by atomic mass is 9.72. The van der Waals surface area contributed by atoms with Crippen LogP contribution >= 0.6 is 0 Å². The Labute approximate surface area is 310 Å². The van der Waals surface area contributed by atoms with Crippen molar-refractivity contribution in [1.29, 1.82) is 0 Å². The van der Waals surface area contributed by atoms with E-state index in [1.165, 1.54) is 97.7 Å². The number of hydrogen-bond donors (Lipinski definition) is 0. The molecule has 8 rings (SSSR count). The summed E-state index contributed by atoms with van der Waals surface area (Å²) in [5.74, 6) is 1.43. The van der Waals surface area contributed by atoms with Crippen LogP contribution < -0.4 is 9.80 Å². The summed E-state index contributed by atoms with van der Waals surface area (Å²) >= 11 is 0. The Morgan fingerprint density at radius 2 is 1.29 bits per heavy atom. The normalized spacial score (nSPS) is 22.2.